The molecule has 0 atom stereocenters. The normalized spacial score (nSPS) is 11.2. The average molecular weight is 968 g/mol. The SMILES string of the molecule is c1ccc(-c2cccc(-c3cc(-c4ccccc4)cc(-c4cc(-c5cc(-c6ccccc6)cc(-c6cc(-c7ccccc7)cc(-c7ccccc7)c6)c5)nc(-c5cccc(-c6cc7ccccc7cn6)c5)n4)c3)c2)cc1. The minimum atomic E-state index is 0.622. The van der Waals surface area contributed by atoms with E-state index < -0.39 is 0 Å². The number of hydrogen-bond donors (Lipinski definition) is 0. The Labute approximate surface area is 443 Å². The molecule has 2 heterocycles. The first kappa shape index (κ1) is 45.7. The summed E-state index contributed by atoms with van der Waals surface area (Å²) in [6.07, 6.45) is 1.95. The fourth-order valence-electron chi connectivity index (χ4n) is 10.3. The molecule has 0 fully saturated rings. The third kappa shape index (κ3) is 9.65. The van der Waals surface area contributed by atoms with E-state index >= 15 is 0 Å². The van der Waals surface area contributed by atoms with E-state index in [4.69, 9.17) is 15.0 Å². The molecule has 0 amide bonds. The molecule has 0 aliphatic heterocycles. The van der Waals surface area contributed by atoms with Crippen LogP contribution in [0.15, 0.2) is 297 Å². The summed E-state index contributed by atoms with van der Waals surface area (Å²) in [6, 6.07) is 104. The highest BCUT2D eigenvalue weighted by molar-refractivity contribution is 5.89. The van der Waals surface area contributed by atoms with E-state index in [2.05, 4.69) is 291 Å². The van der Waals surface area contributed by atoms with E-state index in [0.717, 1.165) is 122 Å². The zero-order valence-corrected chi connectivity index (χ0v) is 41.6. The van der Waals surface area contributed by atoms with Crippen LogP contribution in [0.25, 0.3) is 134 Å². The first-order chi connectivity index (χ1) is 37.6. The van der Waals surface area contributed by atoms with E-state index in [1.54, 1.807) is 0 Å². The van der Waals surface area contributed by atoms with Crippen LogP contribution in [-0.4, -0.2) is 15.0 Å². The molecule has 76 heavy (non-hydrogen) atoms. The van der Waals surface area contributed by atoms with Gasteiger partial charge in [0.15, 0.2) is 5.82 Å². The summed E-state index contributed by atoms with van der Waals surface area (Å²) >= 11 is 0. The average Bonchev–Trinajstić information content (AvgIpc) is 3.54. The number of benzene rings is 11. The Bertz CT molecular complexity index is 4140. The molecule has 13 rings (SSSR count). The molecule has 0 aliphatic carbocycles. The molecule has 356 valence electrons. The van der Waals surface area contributed by atoms with E-state index in [9.17, 15) is 0 Å². The van der Waals surface area contributed by atoms with Crippen molar-refractivity contribution in [2.24, 2.45) is 0 Å². The Balaban J connectivity index is 1.03. The molecule has 0 N–H and O–H groups in total. The first-order valence-electron chi connectivity index (χ1n) is 25.8. The number of aromatic nitrogens is 3. The van der Waals surface area contributed by atoms with Crippen molar-refractivity contribution in [3.63, 3.8) is 0 Å². The fraction of sp³-hybridized carbons (Fsp3) is 0. The number of rotatable bonds is 11. The molecule has 2 aromatic heterocycles. The summed E-state index contributed by atoms with van der Waals surface area (Å²) in [4.78, 5) is 16.0. The summed E-state index contributed by atoms with van der Waals surface area (Å²) < 4.78 is 0. The molecule has 13 aromatic rings. The standard InChI is InChI=1S/C73H49N3/c1-6-20-50(21-7-1)55-32-18-33-56(36-55)65-39-63(53-26-12-4-13-27-53)43-68(45-65)71-48-72(76-73(75-71)59-35-19-34-58(37-59)70-47-57-30-16-17-31-60(57)49-74-70)69-44-64(54-28-14-5-15-29-54)42-67(46-69)66-40-61(51-22-8-2-9-23-51)38-62(41-66)52-24-10-3-11-25-52/h1-49H. The molecular weight excluding hydrogens is 919 g/mol. The van der Waals surface area contributed by atoms with Gasteiger partial charge in [0.1, 0.15) is 0 Å². The lowest BCUT2D eigenvalue weighted by molar-refractivity contribution is 1.18. The maximum absolute atomic E-state index is 5.56. The Morgan fingerprint density at radius 3 is 0.908 bits per heavy atom. The third-order valence-corrected chi connectivity index (χ3v) is 14.2. The van der Waals surface area contributed by atoms with Crippen LogP contribution < -0.4 is 0 Å². The summed E-state index contributed by atoms with van der Waals surface area (Å²) in [5.41, 5.74) is 22.2. The van der Waals surface area contributed by atoms with Gasteiger partial charge in [-0.2, -0.15) is 0 Å². The van der Waals surface area contributed by atoms with Crippen molar-refractivity contribution in [3.05, 3.63) is 297 Å². The van der Waals surface area contributed by atoms with Gasteiger partial charge < -0.3 is 0 Å². The predicted octanol–water partition coefficient (Wildman–Crippen LogP) is 19.4. The molecule has 3 nitrogen and oxygen atoms in total. The van der Waals surface area contributed by atoms with Crippen molar-refractivity contribution in [2.75, 3.05) is 0 Å². The molecule has 0 bridgehead atoms. The van der Waals surface area contributed by atoms with Gasteiger partial charge >= 0.3 is 0 Å². The van der Waals surface area contributed by atoms with Crippen molar-refractivity contribution in [1.29, 1.82) is 0 Å². The van der Waals surface area contributed by atoms with Crippen LogP contribution in [0.5, 0.6) is 0 Å². The van der Waals surface area contributed by atoms with Crippen molar-refractivity contribution in [2.45, 2.75) is 0 Å². The topological polar surface area (TPSA) is 38.7 Å². The van der Waals surface area contributed by atoms with Gasteiger partial charge in [0.25, 0.3) is 0 Å². The zero-order valence-electron chi connectivity index (χ0n) is 41.6. The number of fused-ring (bicyclic) bond motifs is 1. The van der Waals surface area contributed by atoms with Crippen molar-refractivity contribution >= 4 is 10.8 Å². The van der Waals surface area contributed by atoms with E-state index in [-0.39, 0.29) is 0 Å². The van der Waals surface area contributed by atoms with Gasteiger partial charge in [0.2, 0.25) is 0 Å². The number of nitrogens with zero attached hydrogens (tertiary/aromatic N) is 3. The summed E-state index contributed by atoms with van der Waals surface area (Å²) in [7, 11) is 0. The lowest BCUT2D eigenvalue weighted by Gasteiger charge is -2.16. The molecule has 0 spiro atoms. The summed E-state index contributed by atoms with van der Waals surface area (Å²) in [6.45, 7) is 0. The van der Waals surface area contributed by atoms with Gasteiger partial charge in [-0.05, 0) is 162 Å². The van der Waals surface area contributed by atoms with Gasteiger partial charge in [-0.15, -0.1) is 0 Å². The minimum Gasteiger partial charge on any atom is -0.256 e. The smallest absolute Gasteiger partial charge is 0.160 e. The number of hydrogen-bond acceptors (Lipinski definition) is 3. The Hall–Kier alpha value is -10.1. The lowest BCUT2D eigenvalue weighted by Crippen LogP contribution is -1.98. The van der Waals surface area contributed by atoms with Gasteiger partial charge in [-0.3, -0.25) is 4.98 Å². The molecule has 11 aromatic carbocycles. The monoisotopic (exact) mass is 967 g/mol. The largest absolute Gasteiger partial charge is 0.256 e. The van der Waals surface area contributed by atoms with Gasteiger partial charge in [-0.25, -0.2) is 9.97 Å². The fourth-order valence-corrected chi connectivity index (χ4v) is 10.3. The van der Waals surface area contributed by atoms with Gasteiger partial charge in [0.05, 0.1) is 17.1 Å². The second-order valence-electron chi connectivity index (χ2n) is 19.3. The van der Waals surface area contributed by atoms with Crippen molar-refractivity contribution < 1.29 is 0 Å². The second kappa shape index (κ2) is 20.4. The highest BCUT2D eigenvalue weighted by Gasteiger charge is 2.18. The molecule has 0 saturated heterocycles. The van der Waals surface area contributed by atoms with Crippen LogP contribution in [0.4, 0.5) is 0 Å². The van der Waals surface area contributed by atoms with Crippen LogP contribution in [-0.2, 0) is 0 Å². The zero-order chi connectivity index (χ0) is 50.6. The van der Waals surface area contributed by atoms with Crippen LogP contribution in [0.1, 0.15) is 0 Å². The maximum atomic E-state index is 5.56. The Morgan fingerprint density at radius 2 is 0.461 bits per heavy atom. The highest BCUT2D eigenvalue weighted by atomic mass is 14.9. The molecule has 0 unspecified atom stereocenters. The molecular formula is C73H49N3. The van der Waals surface area contributed by atoms with Crippen molar-refractivity contribution in [1.82, 2.24) is 15.0 Å². The molecule has 0 aliphatic rings. The first-order valence-corrected chi connectivity index (χ1v) is 25.8. The van der Waals surface area contributed by atoms with E-state index in [1.807, 2.05) is 6.20 Å². The van der Waals surface area contributed by atoms with Crippen LogP contribution in [0, 0.1) is 0 Å². The highest BCUT2D eigenvalue weighted by Crippen LogP contribution is 2.40. The van der Waals surface area contributed by atoms with Gasteiger partial charge in [0, 0.05) is 33.8 Å². The van der Waals surface area contributed by atoms with E-state index in [1.165, 1.54) is 5.56 Å². The van der Waals surface area contributed by atoms with E-state index in [0.29, 0.717) is 5.82 Å². The Morgan fingerprint density at radius 1 is 0.171 bits per heavy atom. The predicted molar refractivity (Wildman–Crippen MR) is 317 cm³/mol. The van der Waals surface area contributed by atoms with Gasteiger partial charge in [-0.1, -0.05) is 212 Å². The number of pyridine rings is 1. The van der Waals surface area contributed by atoms with Crippen molar-refractivity contribution in [3.8, 4) is 123 Å². The van der Waals surface area contributed by atoms with Crippen LogP contribution in [0.2, 0.25) is 0 Å². The maximum Gasteiger partial charge on any atom is 0.160 e. The lowest BCUT2D eigenvalue weighted by atomic mass is 9.90. The minimum absolute atomic E-state index is 0.622. The quantitative estimate of drug-likeness (QED) is 0.130. The Kier molecular flexibility index (Phi) is 12.3. The summed E-state index contributed by atoms with van der Waals surface area (Å²) in [5, 5.41) is 2.24. The van der Waals surface area contributed by atoms with Crippen LogP contribution in [0.3, 0.4) is 0 Å². The molecule has 3 heteroatoms. The van der Waals surface area contributed by atoms with Crippen LogP contribution >= 0.6 is 0 Å². The molecule has 0 radical (unpaired) electrons. The summed E-state index contributed by atoms with van der Waals surface area (Å²) in [5.74, 6) is 0.622. The third-order valence-electron chi connectivity index (χ3n) is 14.2. The molecule has 0 saturated carbocycles. The second-order valence-corrected chi connectivity index (χ2v) is 19.3.